The van der Waals surface area contributed by atoms with Crippen LogP contribution in [0, 0.1) is 0 Å². The fourth-order valence-corrected chi connectivity index (χ4v) is 11.7. The van der Waals surface area contributed by atoms with Crippen molar-refractivity contribution >= 4 is 17.9 Å². The fraction of sp³-hybridized carbons (Fsp3) is 0.933. The molecule has 0 saturated heterocycles. The highest BCUT2D eigenvalue weighted by molar-refractivity contribution is 5.71. The summed E-state index contributed by atoms with van der Waals surface area (Å²) in [5.74, 6) is -0.834. The highest BCUT2D eigenvalue weighted by Crippen LogP contribution is 2.19. The molecule has 1 unspecified atom stereocenters. The Morgan fingerprint density at radius 2 is 0.407 bits per heavy atom. The van der Waals surface area contributed by atoms with Crippen LogP contribution < -0.4 is 0 Å². The molecule has 81 heavy (non-hydrogen) atoms. The van der Waals surface area contributed by atoms with Gasteiger partial charge in [-0.3, -0.25) is 14.4 Å². The summed E-state index contributed by atoms with van der Waals surface area (Å²) in [5.41, 5.74) is 0. The van der Waals surface area contributed by atoms with Gasteiger partial charge in [0.2, 0.25) is 0 Å². The van der Waals surface area contributed by atoms with Crippen molar-refractivity contribution in [1.29, 1.82) is 0 Å². The molecule has 1 atom stereocenters. The van der Waals surface area contributed by atoms with E-state index in [1.54, 1.807) is 0 Å². The van der Waals surface area contributed by atoms with Crippen molar-refractivity contribution in [3.05, 3.63) is 12.2 Å². The summed E-state index contributed by atoms with van der Waals surface area (Å²) in [6, 6.07) is 0. The Labute approximate surface area is 507 Å². The largest absolute Gasteiger partial charge is 0.462 e. The van der Waals surface area contributed by atoms with Crippen LogP contribution >= 0.6 is 0 Å². The van der Waals surface area contributed by atoms with Gasteiger partial charge in [-0.25, -0.2) is 0 Å². The van der Waals surface area contributed by atoms with Crippen molar-refractivity contribution in [2.45, 2.75) is 438 Å². The summed E-state index contributed by atoms with van der Waals surface area (Å²) in [6.45, 7) is 6.72. The van der Waals surface area contributed by atoms with Crippen LogP contribution in [0.4, 0.5) is 0 Å². The number of unbranched alkanes of at least 4 members (excludes halogenated alkanes) is 57. The van der Waals surface area contributed by atoms with E-state index in [0.29, 0.717) is 19.3 Å². The molecule has 0 aliphatic rings. The number of allylic oxidation sites excluding steroid dienone is 2. The summed E-state index contributed by atoms with van der Waals surface area (Å²) in [6.07, 6.45) is 85.5. The molecule has 0 bridgehead atoms. The predicted octanol–water partition coefficient (Wildman–Crippen LogP) is 25.6. The van der Waals surface area contributed by atoms with Crippen LogP contribution in [0.15, 0.2) is 12.2 Å². The van der Waals surface area contributed by atoms with Gasteiger partial charge in [-0.2, -0.15) is 0 Å². The Hall–Kier alpha value is -1.85. The van der Waals surface area contributed by atoms with Gasteiger partial charge in [-0.1, -0.05) is 380 Å². The van der Waals surface area contributed by atoms with E-state index in [9.17, 15) is 14.4 Å². The maximum Gasteiger partial charge on any atom is 0.306 e. The minimum absolute atomic E-state index is 0.0649. The van der Waals surface area contributed by atoms with Crippen molar-refractivity contribution in [3.8, 4) is 0 Å². The Kier molecular flexibility index (Phi) is 69.0. The lowest BCUT2D eigenvalue weighted by Crippen LogP contribution is -2.30. The summed E-state index contributed by atoms with van der Waals surface area (Å²) in [7, 11) is 0. The third-order valence-electron chi connectivity index (χ3n) is 17.3. The first-order valence-corrected chi connectivity index (χ1v) is 37.2. The number of carbonyl (C=O) groups excluding carboxylic acids is 3. The third-order valence-corrected chi connectivity index (χ3v) is 17.3. The maximum atomic E-state index is 12.9. The van der Waals surface area contributed by atoms with Crippen LogP contribution in [0.2, 0.25) is 0 Å². The first kappa shape index (κ1) is 79.2. The average molecular weight is 1140 g/mol. The van der Waals surface area contributed by atoms with Crippen LogP contribution in [-0.4, -0.2) is 37.2 Å². The number of ether oxygens (including phenoxy) is 3. The summed E-state index contributed by atoms with van der Waals surface area (Å²) < 4.78 is 17.0. The van der Waals surface area contributed by atoms with Crippen molar-refractivity contribution in [2.75, 3.05) is 13.2 Å². The maximum absolute atomic E-state index is 12.9. The van der Waals surface area contributed by atoms with Gasteiger partial charge in [-0.05, 0) is 44.9 Å². The second-order valence-electron chi connectivity index (χ2n) is 25.6. The average Bonchev–Trinajstić information content (AvgIpc) is 3.47. The monoisotopic (exact) mass is 1140 g/mol. The zero-order valence-corrected chi connectivity index (χ0v) is 55.4. The van der Waals surface area contributed by atoms with Crippen LogP contribution in [0.1, 0.15) is 432 Å². The van der Waals surface area contributed by atoms with E-state index in [1.807, 2.05) is 0 Å². The van der Waals surface area contributed by atoms with Gasteiger partial charge in [0.1, 0.15) is 13.2 Å². The third kappa shape index (κ3) is 68.8. The van der Waals surface area contributed by atoms with Gasteiger partial charge in [-0.15, -0.1) is 0 Å². The normalized spacial score (nSPS) is 12.0. The first-order chi connectivity index (χ1) is 40.0. The van der Waals surface area contributed by atoms with E-state index < -0.39 is 6.10 Å². The molecular weight excluding hydrogens is 997 g/mol. The lowest BCUT2D eigenvalue weighted by atomic mass is 10.0. The quantitative estimate of drug-likeness (QED) is 0.0261. The van der Waals surface area contributed by atoms with E-state index in [-0.39, 0.29) is 31.1 Å². The van der Waals surface area contributed by atoms with Gasteiger partial charge in [0, 0.05) is 19.3 Å². The topological polar surface area (TPSA) is 78.9 Å². The molecule has 0 spiro atoms. The molecule has 480 valence electrons. The summed E-state index contributed by atoms with van der Waals surface area (Å²) in [5, 5.41) is 0. The molecule has 0 aliphatic carbocycles. The molecule has 0 aliphatic heterocycles. The highest BCUT2D eigenvalue weighted by atomic mass is 16.6. The van der Waals surface area contributed by atoms with Crippen molar-refractivity contribution < 1.29 is 28.6 Å². The number of carbonyl (C=O) groups is 3. The van der Waals surface area contributed by atoms with Crippen LogP contribution in [0.5, 0.6) is 0 Å². The number of rotatable bonds is 70. The van der Waals surface area contributed by atoms with Gasteiger partial charge in [0.15, 0.2) is 6.10 Å². The van der Waals surface area contributed by atoms with E-state index >= 15 is 0 Å². The second kappa shape index (κ2) is 70.6. The lowest BCUT2D eigenvalue weighted by Gasteiger charge is -2.18. The predicted molar refractivity (Wildman–Crippen MR) is 353 cm³/mol. The van der Waals surface area contributed by atoms with Crippen LogP contribution in [-0.2, 0) is 28.6 Å². The minimum atomic E-state index is -0.769. The molecule has 0 saturated carbocycles. The number of esters is 3. The standard InChI is InChI=1S/C75H144O6/c1-4-7-10-13-16-19-22-25-27-29-31-32-33-34-35-36-37-38-39-40-41-42-43-44-46-47-50-53-56-59-62-65-68-74(77)80-71-72(70-79-73(76)67-64-61-58-55-52-49-24-21-18-15-12-9-6-3)81-75(78)69-66-63-60-57-54-51-48-45-30-28-26-23-20-17-14-11-8-5-2/h28,30,72H,4-27,29,31-71H2,1-3H3/b30-28-. The zero-order chi connectivity index (χ0) is 58.5. The molecule has 0 rings (SSSR count). The molecule has 0 radical (unpaired) electrons. The van der Waals surface area contributed by atoms with E-state index in [2.05, 4.69) is 32.9 Å². The summed E-state index contributed by atoms with van der Waals surface area (Å²) in [4.78, 5) is 38.4. The SMILES string of the molecule is CCCCCCCCC/C=C\CCCCCCCCCC(=O)OC(COC(=O)CCCCCCCCCCCCCCC)COC(=O)CCCCCCCCCCCCCCCCCCCCCCCCCCCCCCCCCC. The number of hydrogen-bond acceptors (Lipinski definition) is 6. The van der Waals surface area contributed by atoms with Crippen molar-refractivity contribution in [2.24, 2.45) is 0 Å². The Morgan fingerprint density at radius 1 is 0.235 bits per heavy atom. The van der Waals surface area contributed by atoms with E-state index in [4.69, 9.17) is 14.2 Å². The zero-order valence-electron chi connectivity index (χ0n) is 55.4. The molecule has 0 aromatic carbocycles. The molecule has 0 heterocycles. The van der Waals surface area contributed by atoms with Gasteiger partial charge >= 0.3 is 17.9 Å². The van der Waals surface area contributed by atoms with Crippen molar-refractivity contribution in [3.63, 3.8) is 0 Å². The van der Waals surface area contributed by atoms with E-state index in [0.717, 1.165) is 57.8 Å². The molecule has 6 nitrogen and oxygen atoms in total. The number of hydrogen-bond donors (Lipinski definition) is 0. The molecule has 0 fully saturated rings. The van der Waals surface area contributed by atoms with Crippen molar-refractivity contribution in [1.82, 2.24) is 0 Å². The fourth-order valence-electron chi connectivity index (χ4n) is 11.7. The lowest BCUT2D eigenvalue weighted by molar-refractivity contribution is -0.167. The molecule has 0 aromatic heterocycles. The van der Waals surface area contributed by atoms with E-state index in [1.165, 1.54) is 334 Å². The molecular formula is C75H144O6. The molecule has 6 heteroatoms. The molecule has 0 aromatic rings. The summed E-state index contributed by atoms with van der Waals surface area (Å²) >= 11 is 0. The highest BCUT2D eigenvalue weighted by Gasteiger charge is 2.20. The smallest absolute Gasteiger partial charge is 0.306 e. The Balaban J connectivity index is 4.10. The second-order valence-corrected chi connectivity index (χ2v) is 25.6. The minimum Gasteiger partial charge on any atom is -0.462 e. The van der Waals surface area contributed by atoms with Gasteiger partial charge in [0.25, 0.3) is 0 Å². The van der Waals surface area contributed by atoms with Crippen LogP contribution in [0.3, 0.4) is 0 Å². The Morgan fingerprint density at radius 3 is 0.617 bits per heavy atom. The molecule has 0 amide bonds. The van der Waals surface area contributed by atoms with Crippen LogP contribution in [0.25, 0.3) is 0 Å². The van der Waals surface area contributed by atoms with Gasteiger partial charge in [0.05, 0.1) is 0 Å². The Bertz CT molecular complexity index is 1260. The first-order valence-electron chi connectivity index (χ1n) is 37.2. The molecule has 0 N–H and O–H groups in total. The van der Waals surface area contributed by atoms with Gasteiger partial charge < -0.3 is 14.2 Å².